The van der Waals surface area contributed by atoms with Crippen LogP contribution in [0.2, 0.25) is 5.02 Å². The van der Waals surface area contributed by atoms with Crippen molar-refractivity contribution in [1.82, 2.24) is 10.2 Å². The summed E-state index contributed by atoms with van der Waals surface area (Å²) in [6, 6.07) is 5.05. The predicted octanol–water partition coefficient (Wildman–Crippen LogP) is 1.99. The molecular formula is C13H20ClN3O. The molecular weight excluding hydrogens is 250 g/mol. The average molecular weight is 270 g/mol. The van der Waals surface area contributed by atoms with Gasteiger partial charge in [0.25, 0.3) is 5.91 Å². The van der Waals surface area contributed by atoms with Crippen LogP contribution in [0.25, 0.3) is 0 Å². The molecule has 0 saturated carbocycles. The Hall–Kier alpha value is -1.26. The fourth-order valence-electron chi connectivity index (χ4n) is 1.28. The predicted molar refractivity (Wildman–Crippen MR) is 76.0 cm³/mol. The average Bonchev–Trinajstić information content (AvgIpc) is 2.29. The van der Waals surface area contributed by atoms with E-state index in [-0.39, 0.29) is 11.4 Å². The van der Waals surface area contributed by atoms with Gasteiger partial charge in [0.05, 0.1) is 16.3 Å². The maximum absolute atomic E-state index is 12.0. The van der Waals surface area contributed by atoms with Crippen LogP contribution in [0.1, 0.15) is 24.2 Å². The molecule has 0 heterocycles. The quantitative estimate of drug-likeness (QED) is 0.822. The molecule has 0 bridgehead atoms. The zero-order valence-corrected chi connectivity index (χ0v) is 12.0. The lowest BCUT2D eigenvalue weighted by molar-refractivity contribution is 0.0920. The van der Waals surface area contributed by atoms with Crippen molar-refractivity contribution in [2.45, 2.75) is 19.4 Å². The maximum Gasteiger partial charge on any atom is 0.252 e. The molecule has 1 rings (SSSR count). The molecule has 4 nitrogen and oxygen atoms in total. The van der Waals surface area contributed by atoms with Gasteiger partial charge in [-0.05, 0) is 40.1 Å². The lowest BCUT2D eigenvalue weighted by atomic mass is 10.0. The molecule has 0 unspecified atom stereocenters. The number of hydrogen-bond acceptors (Lipinski definition) is 3. The lowest BCUT2D eigenvalue weighted by Crippen LogP contribution is -2.48. The van der Waals surface area contributed by atoms with Crippen molar-refractivity contribution in [3.8, 4) is 0 Å². The molecule has 0 saturated heterocycles. The Morgan fingerprint density at radius 1 is 1.44 bits per heavy atom. The molecule has 0 spiro atoms. The Labute approximate surface area is 113 Å². The molecule has 5 heteroatoms. The highest BCUT2D eigenvalue weighted by Crippen LogP contribution is 2.23. The van der Waals surface area contributed by atoms with Gasteiger partial charge in [0.15, 0.2) is 0 Å². The second-order valence-corrected chi connectivity index (χ2v) is 5.48. The first kappa shape index (κ1) is 14.8. The summed E-state index contributed by atoms with van der Waals surface area (Å²) in [4.78, 5) is 14.1. The number of nitrogens with zero attached hydrogens (tertiary/aromatic N) is 1. The molecule has 0 aliphatic rings. The largest absolute Gasteiger partial charge is 0.398 e. The summed E-state index contributed by atoms with van der Waals surface area (Å²) in [5.74, 6) is -0.206. The minimum atomic E-state index is -0.206. The van der Waals surface area contributed by atoms with E-state index in [4.69, 9.17) is 17.3 Å². The highest BCUT2D eigenvalue weighted by Gasteiger charge is 2.22. The Morgan fingerprint density at radius 3 is 2.61 bits per heavy atom. The van der Waals surface area contributed by atoms with Crippen LogP contribution in [0.15, 0.2) is 18.2 Å². The van der Waals surface area contributed by atoms with E-state index in [1.54, 1.807) is 18.2 Å². The highest BCUT2D eigenvalue weighted by atomic mass is 35.5. The Morgan fingerprint density at radius 2 is 2.06 bits per heavy atom. The van der Waals surface area contributed by atoms with Gasteiger partial charge in [-0.1, -0.05) is 17.7 Å². The number of amides is 1. The molecule has 0 atom stereocenters. The van der Waals surface area contributed by atoms with Gasteiger partial charge in [-0.15, -0.1) is 0 Å². The first-order valence-electron chi connectivity index (χ1n) is 5.75. The van der Waals surface area contributed by atoms with E-state index < -0.39 is 0 Å². The number of halogens is 1. The summed E-state index contributed by atoms with van der Waals surface area (Å²) in [5.41, 5.74) is 6.37. The van der Waals surface area contributed by atoms with Gasteiger partial charge >= 0.3 is 0 Å². The van der Waals surface area contributed by atoms with Gasteiger partial charge in [0.2, 0.25) is 0 Å². The van der Waals surface area contributed by atoms with E-state index in [0.717, 1.165) is 0 Å². The zero-order valence-electron chi connectivity index (χ0n) is 11.2. The molecule has 0 radical (unpaired) electrons. The van der Waals surface area contributed by atoms with Gasteiger partial charge in [0, 0.05) is 12.1 Å². The summed E-state index contributed by atoms with van der Waals surface area (Å²) in [7, 11) is 3.94. The Bertz CT molecular complexity index is 444. The van der Waals surface area contributed by atoms with Crippen LogP contribution in [0.3, 0.4) is 0 Å². The van der Waals surface area contributed by atoms with Crippen molar-refractivity contribution in [3.63, 3.8) is 0 Å². The number of likely N-dealkylation sites (N-methyl/N-ethyl adjacent to an activating group) is 1. The highest BCUT2D eigenvalue weighted by molar-refractivity contribution is 6.36. The van der Waals surface area contributed by atoms with Gasteiger partial charge in [0.1, 0.15) is 0 Å². The normalized spacial score (nSPS) is 11.7. The van der Waals surface area contributed by atoms with Gasteiger partial charge in [-0.3, -0.25) is 4.79 Å². The van der Waals surface area contributed by atoms with Crippen LogP contribution >= 0.6 is 11.6 Å². The standard InChI is InChI=1S/C13H20ClN3O/c1-13(2,17(3)4)8-16-12(18)9-6-5-7-10(15)11(9)14/h5-7H,8,15H2,1-4H3,(H,16,18). The van der Waals surface area contributed by atoms with Crippen molar-refractivity contribution in [3.05, 3.63) is 28.8 Å². The number of benzene rings is 1. The van der Waals surface area contributed by atoms with E-state index >= 15 is 0 Å². The first-order valence-corrected chi connectivity index (χ1v) is 6.13. The third-order valence-corrected chi connectivity index (χ3v) is 3.59. The second-order valence-electron chi connectivity index (χ2n) is 5.10. The molecule has 1 aromatic rings. The number of carbonyl (C=O) groups excluding carboxylic acids is 1. The molecule has 100 valence electrons. The number of hydrogen-bond donors (Lipinski definition) is 2. The third-order valence-electron chi connectivity index (χ3n) is 3.17. The van der Waals surface area contributed by atoms with Gasteiger partial charge in [-0.2, -0.15) is 0 Å². The van der Waals surface area contributed by atoms with Crippen LogP contribution in [0.5, 0.6) is 0 Å². The van der Waals surface area contributed by atoms with Crippen LogP contribution in [0.4, 0.5) is 5.69 Å². The lowest BCUT2D eigenvalue weighted by Gasteiger charge is -2.32. The zero-order chi connectivity index (χ0) is 13.9. The van der Waals surface area contributed by atoms with Crippen LogP contribution in [-0.2, 0) is 0 Å². The van der Waals surface area contributed by atoms with Crippen LogP contribution < -0.4 is 11.1 Å². The molecule has 1 aromatic carbocycles. The maximum atomic E-state index is 12.0. The summed E-state index contributed by atoms with van der Waals surface area (Å²) in [6.45, 7) is 4.63. The van der Waals surface area contributed by atoms with Gasteiger partial charge < -0.3 is 16.0 Å². The number of rotatable bonds is 4. The second kappa shape index (κ2) is 5.59. The molecule has 0 aromatic heterocycles. The first-order chi connectivity index (χ1) is 8.25. The summed E-state index contributed by atoms with van der Waals surface area (Å²) in [5, 5.41) is 3.17. The van der Waals surface area contributed by atoms with Crippen molar-refractivity contribution >= 4 is 23.2 Å². The number of nitrogens with two attached hydrogens (primary N) is 1. The summed E-state index contributed by atoms with van der Waals surface area (Å²) < 4.78 is 0. The van der Waals surface area contributed by atoms with Gasteiger partial charge in [-0.25, -0.2) is 0 Å². The van der Waals surface area contributed by atoms with E-state index in [1.165, 1.54) is 0 Å². The van der Waals surface area contributed by atoms with Crippen LogP contribution in [0, 0.1) is 0 Å². The Balaban J connectivity index is 2.75. The number of anilines is 1. The number of nitrogens with one attached hydrogen (secondary N) is 1. The summed E-state index contributed by atoms with van der Waals surface area (Å²) >= 11 is 6.00. The van der Waals surface area contributed by atoms with E-state index in [2.05, 4.69) is 5.32 Å². The van der Waals surface area contributed by atoms with E-state index in [9.17, 15) is 4.79 Å². The van der Waals surface area contributed by atoms with Crippen molar-refractivity contribution in [2.75, 3.05) is 26.4 Å². The molecule has 0 aliphatic heterocycles. The van der Waals surface area contributed by atoms with Crippen molar-refractivity contribution < 1.29 is 4.79 Å². The SMILES string of the molecule is CN(C)C(C)(C)CNC(=O)c1cccc(N)c1Cl. The molecule has 1 amide bonds. The fraction of sp³-hybridized carbons (Fsp3) is 0.462. The number of nitrogen functional groups attached to an aromatic ring is 1. The van der Waals surface area contributed by atoms with E-state index in [1.807, 2.05) is 32.8 Å². The molecule has 18 heavy (non-hydrogen) atoms. The number of carbonyl (C=O) groups is 1. The topological polar surface area (TPSA) is 58.4 Å². The smallest absolute Gasteiger partial charge is 0.252 e. The van der Waals surface area contributed by atoms with Crippen molar-refractivity contribution in [1.29, 1.82) is 0 Å². The monoisotopic (exact) mass is 269 g/mol. The third kappa shape index (κ3) is 3.37. The van der Waals surface area contributed by atoms with Crippen molar-refractivity contribution in [2.24, 2.45) is 0 Å². The van der Waals surface area contributed by atoms with Crippen LogP contribution in [-0.4, -0.2) is 37.0 Å². The Kier molecular flexibility index (Phi) is 4.59. The minimum Gasteiger partial charge on any atom is -0.398 e. The minimum absolute atomic E-state index is 0.123. The summed E-state index contributed by atoms with van der Waals surface area (Å²) in [6.07, 6.45) is 0. The molecule has 0 aliphatic carbocycles. The molecule has 0 fully saturated rings. The molecule has 3 N–H and O–H groups in total. The van der Waals surface area contributed by atoms with E-state index in [0.29, 0.717) is 22.8 Å². The fourth-order valence-corrected chi connectivity index (χ4v) is 1.49.